The molecule has 0 aromatic rings. The van der Waals surface area contributed by atoms with E-state index in [1.54, 1.807) is 7.11 Å². The van der Waals surface area contributed by atoms with Gasteiger partial charge in [-0.1, -0.05) is 13.8 Å². The molecule has 1 saturated heterocycles. The molecular weight excluding hydrogens is 212 g/mol. The van der Waals surface area contributed by atoms with E-state index in [4.69, 9.17) is 4.74 Å². The maximum absolute atomic E-state index is 5.24. The average molecular weight is 242 g/mol. The normalized spacial score (nSPS) is 26.6. The van der Waals surface area contributed by atoms with Gasteiger partial charge in [-0.05, 0) is 38.1 Å². The lowest BCUT2D eigenvalue weighted by Crippen LogP contribution is -2.44. The molecule has 0 aliphatic carbocycles. The quantitative estimate of drug-likeness (QED) is 0.705. The first kappa shape index (κ1) is 14.9. The zero-order chi connectivity index (χ0) is 12.7. The Morgan fingerprint density at radius 1 is 1.41 bits per heavy atom. The molecule has 3 heteroatoms. The minimum absolute atomic E-state index is 0.497. The van der Waals surface area contributed by atoms with Crippen LogP contribution in [0.3, 0.4) is 0 Å². The number of methoxy groups -OCH3 is 1. The van der Waals surface area contributed by atoms with Gasteiger partial charge in [-0.3, -0.25) is 4.90 Å². The van der Waals surface area contributed by atoms with E-state index in [0.717, 1.165) is 13.2 Å². The Morgan fingerprint density at radius 3 is 2.65 bits per heavy atom. The summed E-state index contributed by atoms with van der Waals surface area (Å²) in [5, 5.41) is 3.52. The highest BCUT2D eigenvalue weighted by atomic mass is 16.5. The molecule has 0 amide bonds. The summed E-state index contributed by atoms with van der Waals surface area (Å²) < 4.78 is 5.24. The molecule has 17 heavy (non-hydrogen) atoms. The molecule has 0 radical (unpaired) electrons. The molecule has 0 aromatic heterocycles. The lowest BCUT2D eigenvalue weighted by Gasteiger charge is -2.37. The van der Waals surface area contributed by atoms with Gasteiger partial charge in [0.2, 0.25) is 0 Å². The van der Waals surface area contributed by atoms with Gasteiger partial charge in [0, 0.05) is 32.8 Å². The summed E-state index contributed by atoms with van der Waals surface area (Å²) >= 11 is 0. The molecule has 2 unspecified atom stereocenters. The smallest absolute Gasteiger partial charge is 0.0589 e. The van der Waals surface area contributed by atoms with Crippen molar-refractivity contribution in [2.75, 3.05) is 39.9 Å². The van der Waals surface area contributed by atoms with Crippen molar-refractivity contribution in [1.29, 1.82) is 0 Å². The lowest BCUT2D eigenvalue weighted by molar-refractivity contribution is 0.0819. The molecule has 1 N–H and O–H groups in total. The van der Waals surface area contributed by atoms with Crippen LogP contribution in [0.15, 0.2) is 0 Å². The summed E-state index contributed by atoms with van der Waals surface area (Å²) in [5.41, 5.74) is 0.497. The van der Waals surface area contributed by atoms with Crippen molar-refractivity contribution in [2.24, 2.45) is 5.41 Å². The zero-order valence-electron chi connectivity index (χ0n) is 12.1. The maximum atomic E-state index is 5.24. The summed E-state index contributed by atoms with van der Waals surface area (Å²) in [5.74, 6) is 0. The van der Waals surface area contributed by atoms with Crippen LogP contribution in [-0.2, 0) is 4.74 Å². The molecule has 1 rings (SSSR count). The number of nitrogens with zero attached hydrogens (tertiary/aromatic N) is 1. The first-order valence-electron chi connectivity index (χ1n) is 7.11. The van der Waals surface area contributed by atoms with Crippen molar-refractivity contribution in [3.05, 3.63) is 0 Å². The maximum Gasteiger partial charge on any atom is 0.0589 e. The molecule has 1 fully saturated rings. The van der Waals surface area contributed by atoms with Gasteiger partial charge in [0.15, 0.2) is 0 Å². The highest BCUT2D eigenvalue weighted by Gasteiger charge is 2.34. The van der Waals surface area contributed by atoms with Crippen LogP contribution in [0.4, 0.5) is 0 Å². The Labute approximate surface area is 107 Å². The Kier molecular flexibility index (Phi) is 6.45. The van der Waals surface area contributed by atoms with Crippen molar-refractivity contribution >= 4 is 0 Å². The molecule has 1 heterocycles. The predicted octanol–water partition coefficient (Wildman–Crippen LogP) is 2.12. The SMILES string of the molecule is CCC(C)N(CCOC)CC1(CC)CCNC1. The first-order chi connectivity index (χ1) is 8.17. The minimum atomic E-state index is 0.497. The fourth-order valence-electron chi connectivity index (χ4n) is 2.70. The van der Waals surface area contributed by atoms with Crippen LogP contribution in [0.5, 0.6) is 0 Å². The molecule has 1 aliphatic heterocycles. The molecule has 102 valence electrons. The highest BCUT2D eigenvalue weighted by Crippen LogP contribution is 2.31. The van der Waals surface area contributed by atoms with Gasteiger partial charge in [0.25, 0.3) is 0 Å². The Balaban J connectivity index is 2.56. The van der Waals surface area contributed by atoms with Gasteiger partial charge in [-0.2, -0.15) is 0 Å². The number of nitrogens with one attached hydrogen (secondary N) is 1. The van der Waals surface area contributed by atoms with Crippen LogP contribution in [0.25, 0.3) is 0 Å². The predicted molar refractivity (Wildman–Crippen MR) is 73.4 cm³/mol. The number of hydrogen-bond acceptors (Lipinski definition) is 3. The van der Waals surface area contributed by atoms with E-state index in [1.165, 1.54) is 38.9 Å². The van der Waals surface area contributed by atoms with Gasteiger partial charge in [0.1, 0.15) is 0 Å². The Morgan fingerprint density at radius 2 is 2.18 bits per heavy atom. The Bertz CT molecular complexity index is 202. The minimum Gasteiger partial charge on any atom is -0.383 e. The van der Waals surface area contributed by atoms with E-state index < -0.39 is 0 Å². The fourth-order valence-corrected chi connectivity index (χ4v) is 2.70. The van der Waals surface area contributed by atoms with Crippen molar-refractivity contribution in [1.82, 2.24) is 10.2 Å². The molecule has 2 atom stereocenters. The standard InChI is InChI=1S/C14H30N2O/c1-5-13(3)16(9-10-17-4)12-14(6-2)7-8-15-11-14/h13,15H,5-12H2,1-4H3. The summed E-state index contributed by atoms with van der Waals surface area (Å²) in [7, 11) is 1.79. The second-order valence-electron chi connectivity index (χ2n) is 5.50. The largest absolute Gasteiger partial charge is 0.383 e. The van der Waals surface area contributed by atoms with Crippen LogP contribution >= 0.6 is 0 Å². The second-order valence-corrected chi connectivity index (χ2v) is 5.50. The van der Waals surface area contributed by atoms with E-state index in [-0.39, 0.29) is 0 Å². The second kappa shape index (κ2) is 7.34. The van der Waals surface area contributed by atoms with Crippen molar-refractivity contribution in [3.8, 4) is 0 Å². The van der Waals surface area contributed by atoms with E-state index in [9.17, 15) is 0 Å². The topological polar surface area (TPSA) is 24.5 Å². The van der Waals surface area contributed by atoms with Crippen LogP contribution in [0.2, 0.25) is 0 Å². The van der Waals surface area contributed by atoms with Gasteiger partial charge in [-0.15, -0.1) is 0 Å². The average Bonchev–Trinajstić information content (AvgIpc) is 2.82. The summed E-state index contributed by atoms with van der Waals surface area (Å²) in [4.78, 5) is 2.61. The van der Waals surface area contributed by atoms with E-state index >= 15 is 0 Å². The fraction of sp³-hybridized carbons (Fsp3) is 1.00. The molecule has 0 spiro atoms. The summed E-state index contributed by atoms with van der Waals surface area (Å²) in [6, 6.07) is 0.661. The van der Waals surface area contributed by atoms with Gasteiger partial charge in [-0.25, -0.2) is 0 Å². The van der Waals surface area contributed by atoms with Crippen molar-refractivity contribution in [2.45, 2.75) is 46.1 Å². The van der Waals surface area contributed by atoms with Crippen LogP contribution in [0.1, 0.15) is 40.0 Å². The van der Waals surface area contributed by atoms with E-state index in [2.05, 4.69) is 31.0 Å². The van der Waals surface area contributed by atoms with Gasteiger partial charge < -0.3 is 10.1 Å². The first-order valence-corrected chi connectivity index (χ1v) is 7.11. The highest BCUT2D eigenvalue weighted by molar-refractivity contribution is 4.90. The third-order valence-electron chi connectivity index (χ3n) is 4.42. The number of hydrogen-bond donors (Lipinski definition) is 1. The van der Waals surface area contributed by atoms with E-state index in [0.29, 0.717) is 11.5 Å². The molecular formula is C14H30N2O. The van der Waals surface area contributed by atoms with Gasteiger partial charge in [0.05, 0.1) is 6.61 Å². The van der Waals surface area contributed by atoms with Crippen molar-refractivity contribution in [3.63, 3.8) is 0 Å². The number of ether oxygens (including phenoxy) is 1. The van der Waals surface area contributed by atoms with Crippen LogP contribution in [-0.4, -0.2) is 50.8 Å². The van der Waals surface area contributed by atoms with Crippen LogP contribution < -0.4 is 5.32 Å². The zero-order valence-corrected chi connectivity index (χ0v) is 12.1. The Hall–Kier alpha value is -0.120. The monoisotopic (exact) mass is 242 g/mol. The van der Waals surface area contributed by atoms with Crippen molar-refractivity contribution < 1.29 is 4.74 Å². The molecule has 1 aliphatic rings. The van der Waals surface area contributed by atoms with Gasteiger partial charge >= 0.3 is 0 Å². The summed E-state index contributed by atoms with van der Waals surface area (Å²) in [6.07, 6.45) is 3.82. The molecule has 3 nitrogen and oxygen atoms in total. The molecule has 0 aromatic carbocycles. The molecule has 0 saturated carbocycles. The third kappa shape index (κ3) is 4.23. The van der Waals surface area contributed by atoms with Crippen LogP contribution in [0, 0.1) is 5.41 Å². The summed E-state index contributed by atoms with van der Waals surface area (Å²) in [6.45, 7) is 12.4. The number of rotatable bonds is 8. The van der Waals surface area contributed by atoms with E-state index in [1.807, 2.05) is 0 Å². The third-order valence-corrected chi connectivity index (χ3v) is 4.42. The molecule has 0 bridgehead atoms. The lowest BCUT2D eigenvalue weighted by atomic mass is 9.83.